The molecule has 1 aromatic rings. The van der Waals surface area contributed by atoms with E-state index < -0.39 is 5.97 Å². The molecule has 2 aliphatic carbocycles. The monoisotopic (exact) mass is 358 g/mol. The molecule has 2 aliphatic rings. The molecule has 3 rings (SSSR count). The number of carboxylic acid groups (broad SMARTS) is 1. The number of carbonyl (C=O) groups excluding carboxylic acids is 1. The van der Waals surface area contributed by atoms with Crippen LogP contribution in [0.25, 0.3) is 0 Å². The summed E-state index contributed by atoms with van der Waals surface area (Å²) in [5.41, 5.74) is 2.52. The molecule has 0 aromatic heterocycles. The molecule has 0 aliphatic heterocycles. The zero-order chi connectivity index (χ0) is 18.9. The number of fused-ring (bicyclic) bond motifs is 3. The zero-order valence-electron chi connectivity index (χ0n) is 16.1. The topological polar surface area (TPSA) is 63.6 Å². The number of carbonyl (C=O) groups is 2. The van der Waals surface area contributed by atoms with E-state index in [9.17, 15) is 9.59 Å². The molecule has 4 atom stereocenters. The number of hydrogen-bond acceptors (Lipinski definition) is 3. The zero-order valence-corrected chi connectivity index (χ0v) is 16.1. The highest BCUT2D eigenvalue weighted by Crippen LogP contribution is 2.55. The summed E-state index contributed by atoms with van der Waals surface area (Å²) in [6, 6.07) is 6.44. The van der Waals surface area contributed by atoms with Crippen LogP contribution in [0, 0.1) is 17.3 Å². The third kappa shape index (κ3) is 3.38. The molecule has 0 amide bonds. The van der Waals surface area contributed by atoms with E-state index in [0.29, 0.717) is 30.6 Å². The van der Waals surface area contributed by atoms with E-state index in [1.165, 1.54) is 11.1 Å². The van der Waals surface area contributed by atoms with E-state index in [2.05, 4.69) is 32.0 Å². The lowest BCUT2D eigenvalue weighted by Gasteiger charge is -2.50. The quantitative estimate of drug-likeness (QED) is 0.807. The Morgan fingerprint density at radius 1 is 1.27 bits per heavy atom. The van der Waals surface area contributed by atoms with Gasteiger partial charge in [0.25, 0.3) is 0 Å². The molecule has 1 saturated carbocycles. The van der Waals surface area contributed by atoms with Crippen LogP contribution < -0.4 is 4.74 Å². The van der Waals surface area contributed by atoms with Gasteiger partial charge in [0, 0.05) is 18.3 Å². The lowest BCUT2D eigenvalue weighted by Crippen LogP contribution is -2.45. The molecule has 0 spiro atoms. The highest BCUT2D eigenvalue weighted by atomic mass is 16.5. The van der Waals surface area contributed by atoms with Crippen molar-refractivity contribution in [2.45, 2.75) is 64.7 Å². The number of benzene rings is 1. The lowest BCUT2D eigenvalue weighted by atomic mass is 9.53. The summed E-state index contributed by atoms with van der Waals surface area (Å²) in [7, 11) is 1.71. The Labute approximate surface area is 155 Å². The molecule has 1 fully saturated rings. The minimum absolute atomic E-state index is 0.0808. The maximum atomic E-state index is 12.9. The summed E-state index contributed by atoms with van der Waals surface area (Å²) in [6.07, 6.45) is 5.01. The number of methoxy groups -OCH3 is 1. The van der Waals surface area contributed by atoms with Gasteiger partial charge < -0.3 is 9.84 Å². The van der Waals surface area contributed by atoms with Gasteiger partial charge in [0.15, 0.2) is 0 Å². The number of carboxylic acids is 1. The van der Waals surface area contributed by atoms with E-state index in [0.717, 1.165) is 31.4 Å². The summed E-state index contributed by atoms with van der Waals surface area (Å²) < 4.78 is 5.37. The Balaban J connectivity index is 1.75. The van der Waals surface area contributed by atoms with Gasteiger partial charge in [-0.15, -0.1) is 0 Å². The summed E-state index contributed by atoms with van der Waals surface area (Å²) in [4.78, 5) is 23.6. The maximum Gasteiger partial charge on any atom is 0.303 e. The van der Waals surface area contributed by atoms with Gasteiger partial charge >= 0.3 is 5.97 Å². The van der Waals surface area contributed by atoms with E-state index in [1.807, 2.05) is 0 Å². The van der Waals surface area contributed by atoms with Crippen LogP contribution in [0.3, 0.4) is 0 Å². The fraction of sp³-hybridized carbons (Fsp3) is 0.636. The molecule has 26 heavy (non-hydrogen) atoms. The highest BCUT2D eigenvalue weighted by molar-refractivity contribution is 5.85. The fourth-order valence-electron chi connectivity index (χ4n) is 5.24. The van der Waals surface area contributed by atoms with Crippen LogP contribution in [0.2, 0.25) is 0 Å². The van der Waals surface area contributed by atoms with Crippen molar-refractivity contribution in [2.24, 2.45) is 17.3 Å². The van der Waals surface area contributed by atoms with Crippen LogP contribution in [-0.2, 0) is 16.0 Å². The number of Topliss-reactive ketones (excluding diaryl/α,β-unsaturated/α-hetero) is 1. The first-order valence-electron chi connectivity index (χ1n) is 9.78. The van der Waals surface area contributed by atoms with Crippen LogP contribution in [-0.4, -0.2) is 24.0 Å². The second kappa shape index (κ2) is 7.42. The highest BCUT2D eigenvalue weighted by Gasteiger charge is 2.49. The molecular formula is C22H30O4. The standard InChI is InChI=1S/C22H30O4/c1-14-17-9-7-15-13-16(26-3)8-10-18(15)19(17)11-12-22(14,2)20(23)5-4-6-21(24)25/h8,10,13-14,17,19H,4-7,9,11-12H2,1-3H3,(H,24,25)/t14-,17-,19-,22-/m0/s1. The van der Waals surface area contributed by atoms with Crippen LogP contribution >= 0.6 is 0 Å². The van der Waals surface area contributed by atoms with Crippen LogP contribution in [0.5, 0.6) is 5.75 Å². The Kier molecular flexibility index (Phi) is 5.40. The van der Waals surface area contributed by atoms with Gasteiger partial charge in [-0.3, -0.25) is 9.59 Å². The number of ether oxygens (including phenoxy) is 1. The summed E-state index contributed by atoms with van der Waals surface area (Å²) in [5.74, 6) is 1.74. The number of rotatable bonds is 6. The van der Waals surface area contributed by atoms with Crippen molar-refractivity contribution in [2.75, 3.05) is 7.11 Å². The van der Waals surface area contributed by atoms with E-state index in [1.54, 1.807) is 7.11 Å². The first-order valence-corrected chi connectivity index (χ1v) is 9.78. The fourth-order valence-corrected chi connectivity index (χ4v) is 5.24. The van der Waals surface area contributed by atoms with Crippen LogP contribution in [0.1, 0.15) is 69.4 Å². The molecule has 0 heterocycles. The molecule has 4 nitrogen and oxygen atoms in total. The third-order valence-corrected chi connectivity index (χ3v) is 7.07. The molecule has 1 aromatic carbocycles. The SMILES string of the molecule is COc1ccc2c(c1)CC[C@@H]1[C@@H]2CC[C@](C)(C(=O)CCCC(=O)O)[C@H]1C. The van der Waals surface area contributed by atoms with Crippen LogP contribution in [0.15, 0.2) is 18.2 Å². The van der Waals surface area contributed by atoms with Gasteiger partial charge in [-0.05, 0) is 73.1 Å². The maximum absolute atomic E-state index is 12.9. The molecule has 0 bridgehead atoms. The lowest BCUT2D eigenvalue weighted by molar-refractivity contribution is -0.138. The van der Waals surface area contributed by atoms with Gasteiger partial charge in [-0.25, -0.2) is 0 Å². The molecule has 0 radical (unpaired) electrons. The normalized spacial score (nSPS) is 30.2. The summed E-state index contributed by atoms with van der Waals surface area (Å²) in [6.45, 7) is 4.35. The van der Waals surface area contributed by atoms with Crippen molar-refractivity contribution in [3.8, 4) is 5.75 Å². The van der Waals surface area contributed by atoms with E-state index in [4.69, 9.17) is 9.84 Å². The van der Waals surface area contributed by atoms with Gasteiger partial charge in [0.1, 0.15) is 11.5 Å². The van der Waals surface area contributed by atoms with Crippen molar-refractivity contribution in [1.82, 2.24) is 0 Å². The predicted molar refractivity (Wildman–Crippen MR) is 101 cm³/mol. The predicted octanol–water partition coefficient (Wildman–Crippen LogP) is 4.60. The van der Waals surface area contributed by atoms with Gasteiger partial charge in [0.05, 0.1) is 7.11 Å². The Morgan fingerprint density at radius 2 is 2.04 bits per heavy atom. The Bertz CT molecular complexity index is 695. The van der Waals surface area contributed by atoms with Crippen LogP contribution in [0.4, 0.5) is 0 Å². The Hall–Kier alpha value is -1.84. The molecular weight excluding hydrogens is 328 g/mol. The van der Waals surface area contributed by atoms with Crippen molar-refractivity contribution in [1.29, 1.82) is 0 Å². The van der Waals surface area contributed by atoms with Crippen molar-refractivity contribution in [3.05, 3.63) is 29.3 Å². The average Bonchev–Trinajstić information content (AvgIpc) is 2.63. The Morgan fingerprint density at radius 3 is 2.73 bits per heavy atom. The molecule has 142 valence electrons. The first kappa shape index (κ1) is 18.9. The second-order valence-corrected chi connectivity index (χ2v) is 8.29. The van der Waals surface area contributed by atoms with E-state index >= 15 is 0 Å². The smallest absolute Gasteiger partial charge is 0.303 e. The number of ketones is 1. The molecule has 0 saturated heterocycles. The van der Waals surface area contributed by atoms with Gasteiger partial charge in [-0.1, -0.05) is 19.9 Å². The largest absolute Gasteiger partial charge is 0.497 e. The molecule has 4 heteroatoms. The first-order chi connectivity index (χ1) is 12.4. The van der Waals surface area contributed by atoms with Gasteiger partial charge in [0.2, 0.25) is 0 Å². The van der Waals surface area contributed by atoms with Crippen molar-refractivity contribution < 1.29 is 19.4 Å². The van der Waals surface area contributed by atoms with Crippen molar-refractivity contribution >= 4 is 11.8 Å². The molecule has 0 unspecified atom stereocenters. The number of aliphatic carboxylic acids is 1. The number of hydrogen-bond donors (Lipinski definition) is 1. The second-order valence-electron chi connectivity index (χ2n) is 8.29. The summed E-state index contributed by atoms with van der Waals surface area (Å²) >= 11 is 0. The third-order valence-electron chi connectivity index (χ3n) is 7.07. The van der Waals surface area contributed by atoms with E-state index in [-0.39, 0.29) is 17.6 Å². The average molecular weight is 358 g/mol. The van der Waals surface area contributed by atoms with Gasteiger partial charge in [-0.2, -0.15) is 0 Å². The molecule has 1 N–H and O–H groups in total. The minimum Gasteiger partial charge on any atom is -0.497 e. The van der Waals surface area contributed by atoms with Crippen molar-refractivity contribution in [3.63, 3.8) is 0 Å². The minimum atomic E-state index is -0.820. The number of aryl methyl sites for hydroxylation is 1. The summed E-state index contributed by atoms with van der Waals surface area (Å²) in [5, 5.41) is 8.82.